The van der Waals surface area contributed by atoms with Crippen molar-refractivity contribution in [3.05, 3.63) is 22.4 Å². The second-order valence-corrected chi connectivity index (χ2v) is 6.95. The molecule has 0 aliphatic carbocycles. The van der Waals surface area contributed by atoms with Crippen molar-refractivity contribution in [2.75, 3.05) is 5.75 Å². The minimum atomic E-state index is 0.343. The largest absolute Gasteiger partial charge is 0.326 e. The van der Waals surface area contributed by atoms with E-state index < -0.39 is 0 Å². The third-order valence-electron chi connectivity index (χ3n) is 3.36. The van der Waals surface area contributed by atoms with Gasteiger partial charge < -0.3 is 5.73 Å². The van der Waals surface area contributed by atoms with Gasteiger partial charge in [0.15, 0.2) is 0 Å². The first-order valence-electron chi connectivity index (χ1n) is 5.61. The van der Waals surface area contributed by atoms with Crippen LogP contribution in [0.3, 0.4) is 0 Å². The highest BCUT2D eigenvalue weighted by Gasteiger charge is 2.35. The van der Waals surface area contributed by atoms with Crippen molar-refractivity contribution in [2.45, 2.75) is 43.4 Å². The summed E-state index contributed by atoms with van der Waals surface area (Å²) >= 11 is 3.84. The Labute approximate surface area is 100 Å². The molecule has 0 aromatic carbocycles. The minimum Gasteiger partial charge on any atom is -0.326 e. The molecule has 1 nitrogen and oxygen atoms in total. The molecule has 3 heteroatoms. The van der Waals surface area contributed by atoms with Crippen molar-refractivity contribution in [3.8, 4) is 0 Å². The summed E-state index contributed by atoms with van der Waals surface area (Å²) in [6.07, 6.45) is 4.90. The molecular weight excluding hydrogens is 222 g/mol. The van der Waals surface area contributed by atoms with E-state index in [2.05, 4.69) is 35.5 Å². The second-order valence-electron chi connectivity index (χ2n) is 4.54. The van der Waals surface area contributed by atoms with E-state index in [1.807, 2.05) is 0 Å². The van der Waals surface area contributed by atoms with Crippen LogP contribution in [0.4, 0.5) is 0 Å². The van der Waals surface area contributed by atoms with Crippen LogP contribution in [0, 0.1) is 0 Å². The molecule has 1 aliphatic rings. The quantitative estimate of drug-likeness (QED) is 0.875. The average molecular weight is 241 g/mol. The van der Waals surface area contributed by atoms with Crippen molar-refractivity contribution in [1.29, 1.82) is 0 Å². The molecule has 0 radical (unpaired) electrons. The van der Waals surface area contributed by atoms with Crippen molar-refractivity contribution >= 4 is 23.1 Å². The summed E-state index contributed by atoms with van der Waals surface area (Å²) in [5.74, 6) is 1.29. The van der Waals surface area contributed by atoms with Gasteiger partial charge >= 0.3 is 0 Å². The SMILES string of the molecule is CC1(C(N)CCc2ccsc2)CCCS1. The number of thioether (sulfide) groups is 1. The highest BCUT2D eigenvalue weighted by Crippen LogP contribution is 2.40. The van der Waals surface area contributed by atoms with Gasteiger partial charge in [-0.15, -0.1) is 0 Å². The molecule has 2 unspecified atom stereocenters. The van der Waals surface area contributed by atoms with Gasteiger partial charge in [-0.1, -0.05) is 0 Å². The van der Waals surface area contributed by atoms with E-state index in [-0.39, 0.29) is 0 Å². The summed E-state index contributed by atoms with van der Waals surface area (Å²) in [5.41, 5.74) is 7.76. The van der Waals surface area contributed by atoms with E-state index in [9.17, 15) is 0 Å². The lowest BCUT2D eigenvalue weighted by atomic mass is 9.92. The van der Waals surface area contributed by atoms with Crippen molar-refractivity contribution in [3.63, 3.8) is 0 Å². The fraction of sp³-hybridized carbons (Fsp3) is 0.667. The molecule has 2 heterocycles. The highest BCUT2D eigenvalue weighted by molar-refractivity contribution is 8.00. The Hall–Kier alpha value is 0.01000. The van der Waals surface area contributed by atoms with Crippen LogP contribution in [0.25, 0.3) is 0 Å². The molecule has 15 heavy (non-hydrogen) atoms. The summed E-state index contributed by atoms with van der Waals surface area (Å²) in [6.45, 7) is 2.34. The summed E-state index contributed by atoms with van der Waals surface area (Å²) in [6, 6.07) is 2.56. The molecular formula is C12H19NS2. The zero-order chi connectivity index (χ0) is 10.7. The maximum atomic E-state index is 6.31. The molecule has 2 atom stereocenters. The number of aryl methyl sites for hydroxylation is 1. The van der Waals surface area contributed by atoms with Crippen molar-refractivity contribution in [2.24, 2.45) is 5.73 Å². The second kappa shape index (κ2) is 4.89. The molecule has 84 valence electrons. The van der Waals surface area contributed by atoms with Crippen molar-refractivity contribution in [1.82, 2.24) is 0 Å². The van der Waals surface area contributed by atoms with Gasteiger partial charge in [0.1, 0.15) is 0 Å². The van der Waals surface area contributed by atoms with Gasteiger partial charge in [-0.25, -0.2) is 0 Å². The fourth-order valence-corrected chi connectivity index (χ4v) is 4.23. The lowest BCUT2D eigenvalue weighted by Gasteiger charge is -2.30. The predicted octanol–water partition coefficient (Wildman–Crippen LogP) is 3.29. The van der Waals surface area contributed by atoms with Crippen LogP contribution >= 0.6 is 23.1 Å². The molecule has 1 aliphatic heterocycles. The van der Waals surface area contributed by atoms with E-state index >= 15 is 0 Å². The molecule has 2 N–H and O–H groups in total. The zero-order valence-corrected chi connectivity index (χ0v) is 10.9. The molecule has 0 saturated carbocycles. The lowest BCUT2D eigenvalue weighted by molar-refractivity contribution is 0.460. The zero-order valence-electron chi connectivity index (χ0n) is 9.24. The van der Waals surface area contributed by atoms with E-state index in [1.165, 1.54) is 24.2 Å². The Morgan fingerprint density at radius 2 is 2.47 bits per heavy atom. The molecule has 1 fully saturated rings. The number of hydrogen-bond acceptors (Lipinski definition) is 3. The fourth-order valence-electron chi connectivity index (χ4n) is 2.16. The third kappa shape index (κ3) is 2.77. The van der Waals surface area contributed by atoms with Gasteiger partial charge in [-0.2, -0.15) is 23.1 Å². The number of thiophene rings is 1. The Kier molecular flexibility index (Phi) is 3.75. The number of nitrogens with two attached hydrogens (primary N) is 1. The Morgan fingerprint density at radius 3 is 3.07 bits per heavy atom. The van der Waals surface area contributed by atoms with E-state index in [0.717, 1.165) is 12.8 Å². The van der Waals surface area contributed by atoms with Gasteiger partial charge in [0.25, 0.3) is 0 Å². The van der Waals surface area contributed by atoms with E-state index in [1.54, 1.807) is 11.3 Å². The summed E-state index contributed by atoms with van der Waals surface area (Å²) in [4.78, 5) is 0. The Bertz CT molecular complexity index is 289. The van der Waals surface area contributed by atoms with Crippen LogP contribution in [-0.4, -0.2) is 16.5 Å². The molecule has 1 aromatic heterocycles. The molecule has 0 amide bonds. The predicted molar refractivity (Wildman–Crippen MR) is 70.7 cm³/mol. The first-order chi connectivity index (χ1) is 7.21. The monoisotopic (exact) mass is 241 g/mol. The maximum Gasteiger partial charge on any atom is 0.0283 e. The molecule has 1 aromatic rings. The normalized spacial score (nSPS) is 28.1. The minimum absolute atomic E-state index is 0.343. The van der Waals surface area contributed by atoms with Gasteiger partial charge in [-0.05, 0) is 60.7 Å². The smallest absolute Gasteiger partial charge is 0.0283 e. The molecule has 1 saturated heterocycles. The Balaban J connectivity index is 1.84. The van der Waals surface area contributed by atoms with Crippen LogP contribution in [0.2, 0.25) is 0 Å². The molecule has 0 spiro atoms. The van der Waals surface area contributed by atoms with Crippen LogP contribution in [0.5, 0.6) is 0 Å². The standard InChI is InChI=1S/C12H19NS2/c1-12(6-2-7-15-12)11(13)4-3-10-5-8-14-9-10/h5,8-9,11H,2-4,6-7,13H2,1H3. The van der Waals surface area contributed by atoms with Gasteiger partial charge in [0.2, 0.25) is 0 Å². The highest BCUT2D eigenvalue weighted by atomic mass is 32.2. The van der Waals surface area contributed by atoms with Gasteiger partial charge in [0, 0.05) is 10.8 Å². The summed E-state index contributed by atoms with van der Waals surface area (Å²) in [7, 11) is 0. The number of hydrogen-bond donors (Lipinski definition) is 1. The van der Waals surface area contributed by atoms with Crippen molar-refractivity contribution < 1.29 is 0 Å². The topological polar surface area (TPSA) is 26.0 Å². The molecule has 0 bridgehead atoms. The summed E-state index contributed by atoms with van der Waals surface area (Å²) < 4.78 is 0.343. The third-order valence-corrected chi connectivity index (χ3v) is 5.75. The van der Waals surface area contributed by atoms with Crippen LogP contribution in [0.15, 0.2) is 16.8 Å². The first kappa shape index (κ1) is 11.5. The summed E-state index contributed by atoms with van der Waals surface area (Å²) in [5, 5.41) is 4.38. The van der Waals surface area contributed by atoms with Crippen LogP contribution in [0.1, 0.15) is 31.7 Å². The first-order valence-corrected chi connectivity index (χ1v) is 7.54. The molecule has 2 rings (SSSR count). The van der Waals surface area contributed by atoms with Crippen LogP contribution < -0.4 is 5.73 Å². The Morgan fingerprint density at radius 1 is 1.60 bits per heavy atom. The van der Waals surface area contributed by atoms with Gasteiger partial charge in [0.05, 0.1) is 0 Å². The van der Waals surface area contributed by atoms with Crippen LogP contribution in [-0.2, 0) is 6.42 Å². The average Bonchev–Trinajstić information content (AvgIpc) is 2.85. The van der Waals surface area contributed by atoms with E-state index in [4.69, 9.17) is 5.73 Å². The van der Waals surface area contributed by atoms with Gasteiger partial charge in [-0.3, -0.25) is 0 Å². The van der Waals surface area contributed by atoms with E-state index in [0.29, 0.717) is 10.8 Å². The number of rotatable bonds is 4. The lowest BCUT2D eigenvalue weighted by Crippen LogP contribution is -2.41. The maximum absolute atomic E-state index is 6.31.